The number of nitrogens with zero attached hydrogens (tertiary/aromatic N) is 1. The molecule has 19 heavy (non-hydrogen) atoms. The lowest BCUT2D eigenvalue weighted by Gasteiger charge is -2.26. The molecule has 0 spiro atoms. The molecule has 114 valence electrons. The summed E-state index contributed by atoms with van der Waals surface area (Å²) < 4.78 is 5.43. The summed E-state index contributed by atoms with van der Waals surface area (Å²) in [6.45, 7) is 8.39. The van der Waals surface area contributed by atoms with Gasteiger partial charge in [-0.2, -0.15) is 0 Å². The van der Waals surface area contributed by atoms with Crippen LogP contribution < -0.4 is 0 Å². The third kappa shape index (κ3) is 10.4. The maximum Gasteiger partial charge on any atom is 0.222 e. The number of unbranched alkanes of at least 4 members (excludes halogenated alkanes) is 4. The summed E-state index contributed by atoms with van der Waals surface area (Å²) in [5.41, 5.74) is 0. The van der Waals surface area contributed by atoms with Crippen molar-refractivity contribution in [3.05, 3.63) is 0 Å². The zero-order valence-electron chi connectivity index (χ0n) is 12.8. The van der Waals surface area contributed by atoms with Crippen LogP contribution in [0.3, 0.4) is 0 Å². The Bertz CT molecular complexity index is 222. The Kier molecular flexibility index (Phi) is 12.9. The van der Waals surface area contributed by atoms with Crippen molar-refractivity contribution < 1.29 is 9.53 Å². The van der Waals surface area contributed by atoms with Crippen molar-refractivity contribution in [3.8, 4) is 0 Å². The van der Waals surface area contributed by atoms with Gasteiger partial charge in [-0.1, -0.05) is 48.5 Å². The first-order valence-corrected chi connectivity index (χ1v) is 8.68. The summed E-state index contributed by atoms with van der Waals surface area (Å²) in [6, 6.07) is 0.260. The SMILES string of the molecule is CCCCCCCC(=O)N(CCOCCBr)C(C)C. The summed E-state index contributed by atoms with van der Waals surface area (Å²) in [5, 5.41) is 0.847. The highest BCUT2D eigenvalue weighted by atomic mass is 79.9. The van der Waals surface area contributed by atoms with E-state index in [0.29, 0.717) is 26.2 Å². The Balaban J connectivity index is 3.84. The monoisotopic (exact) mass is 335 g/mol. The van der Waals surface area contributed by atoms with Crippen LogP contribution in [0.4, 0.5) is 0 Å². The number of rotatable bonds is 12. The van der Waals surface area contributed by atoms with Crippen molar-refractivity contribution >= 4 is 21.8 Å². The van der Waals surface area contributed by atoms with E-state index in [1.165, 1.54) is 25.7 Å². The van der Waals surface area contributed by atoms with Gasteiger partial charge in [-0.3, -0.25) is 4.79 Å². The summed E-state index contributed by atoms with van der Waals surface area (Å²) in [5.74, 6) is 0.272. The minimum Gasteiger partial charge on any atom is -0.379 e. The average Bonchev–Trinajstić information content (AvgIpc) is 2.37. The number of carbonyl (C=O) groups excluding carboxylic acids is 1. The van der Waals surface area contributed by atoms with Gasteiger partial charge in [-0.15, -0.1) is 0 Å². The summed E-state index contributed by atoms with van der Waals surface area (Å²) in [4.78, 5) is 14.1. The predicted molar refractivity (Wildman–Crippen MR) is 84.8 cm³/mol. The third-order valence-corrected chi connectivity index (χ3v) is 3.46. The van der Waals surface area contributed by atoms with Crippen molar-refractivity contribution in [2.45, 2.75) is 65.3 Å². The van der Waals surface area contributed by atoms with Gasteiger partial charge in [0.2, 0.25) is 5.91 Å². The molecule has 0 atom stereocenters. The smallest absolute Gasteiger partial charge is 0.222 e. The van der Waals surface area contributed by atoms with Crippen LogP contribution in [0.2, 0.25) is 0 Å². The first-order chi connectivity index (χ1) is 9.13. The van der Waals surface area contributed by atoms with Gasteiger partial charge in [0.05, 0.1) is 13.2 Å². The molecule has 0 aliphatic heterocycles. The first-order valence-electron chi connectivity index (χ1n) is 7.56. The van der Waals surface area contributed by atoms with Gasteiger partial charge in [0.25, 0.3) is 0 Å². The van der Waals surface area contributed by atoms with Crippen molar-refractivity contribution in [2.75, 3.05) is 25.1 Å². The quantitative estimate of drug-likeness (QED) is 0.398. The second kappa shape index (κ2) is 12.9. The second-order valence-corrected chi connectivity index (χ2v) is 5.94. The zero-order chi connectivity index (χ0) is 14.5. The van der Waals surface area contributed by atoms with Crippen LogP contribution in [0, 0.1) is 0 Å². The topological polar surface area (TPSA) is 29.5 Å². The van der Waals surface area contributed by atoms with Gasteiger partial charge in [0, 0.05) is 24.3 Å². The molecular formula is C15H30BrNO2. The van der Waals surface area contributed by atoms with E-state index in [0.717, 1.165) is 11.8 Å². The van der Waals surface area contributed by atoms with E-state index in [9.17, 15) is 4.79 Å². The molecule has 0 unspecified atom stereocenters. The molecule has 0 heterocycles. The fourth-order valence-electron chi connectivity index (χ4n) is 2.01. The van der Waals surface area contributed by atoms with E-state index in [2.05, 4.69) is 36.7 Å². The average molecular weight is 336 g/mol. The number of hydrogen-bond donors (Lipinski definition) is 0. The number of alkyl halides is 1. The van der Waals surface area contributed by atoms with E-state index >= 15 is 0 Å². The standard InChI is InChI=1S/C15H30BrNO2/c1-4-5-6-7-8-9-15(18)17(14(2)3)11-13-19-12-10-16/h14H,4-13H2,1-3H3. The fourth-order valence-corrected chi connectivity index (χ4v) is 2.24. The molecule has 0 N–H and O–H groups in total. The van der Waals surface area contributed by atoms with Crippen LogP contribution in [0.5, 0.6) is 0 Å². The van der Waals surface area contributed by atoms with E-state index in [1.54, 1.807) is 0 Å². The lowest BCUT2D eigenvalue weighted by atomic mass is 10.1. The molecule has 0 aromatic rings. The Morgan fingerprint density at radius 3 is 2.42 bits per heavy atom. The molecule has 3 nitrogen and oxygen atoms in total. The maximum atomic E-state index is 12.1. The zero-order valence-corrected chi connectivity index (χ0v) is 14.4. The van der Waals surface area contributed by atoms with Crippen molar-refractivity contribution in [3.63, 3.8) is 0 Å². The number of ether oxygens (including phenoxy) is 1. The van der Waals surface area contributed by atoms with E-state index in [1.807, 2.05) is 4.90 Å². The van der Waals surface area contributed by atoms with Crippen LogP contribution in [-0.2, 0) is 9.53 Å². The van der Waals surface area contributed by atoms with E-state index < -0.39 is 0 Å². The van der Waals surface area contributed by atoms with Crippen molar-refractivity contribution in [1.82, 2.24) is 4.90 Å². The molecule has 0 aromatic carbocycles. The first kappa shape index (κ1) is 18.9. The van der Waals surface area contributed by atoms with Crippen molar-refractivity contribution in [2.24, 2.45) is 0 Å². The lowest BCUT2D eigenvalue weighted by Crippen LogP contribution is -2.39. The van der Waals surface area contributed by atoms with Gasteiger partial charge in [0.1, 0.15) is 0 Å². The van der Waals surface area contributed by atoms with E-state index in [4.69, 9.17) is 4.74 Å². The highest BCUT2D eigenvalue weighted by molar-refractivity contribution is 9.09. The molecule has 0 saturated heterocycles. The molecule has 0 radical (unpaired) electrons. The Hall–Kier alpha value is -0.0900. The summed E-state index contributed by atoms with van der Waals surface area (Å²) in [6.07, 6.45) is 6.65. The van der Waals surface area contributed by atoms with Gasteiger partial charge in [-0.05, 0) is 20.3 Å². The highest BCUT2D eigenvalue weighted by Gasteiger charge is 2.15. The number of hydrogen-bond acceptors (Lipinski definition) is 2. The molecule has 4 heteroatoms. The molecule has 0 aliphatic carbocycles. The number of amides is 1. The Labute approximate surface area is 127 Å². The van der Waals surface area contributed by atoms with Crippen LogP contribution in [0.25, 0.3) is 0 Å². The highest BCUT2D eigenvalue weighted by Crippen LogP contribution is 2.09. The molecule has 0 aliphatic rings. The largest absolute Gasteiger partial charge is 0.379 e. The minimum absolute atomic E-state index is 0.260. The van der Waals surface area contributed by atoms with Crippen LogP contribution in [-0.4, -0.2) is 41.9 Å². The van der Waals surface area contributed by atoms with Crippen LogP contribution >= 0.6 is 15.9 Å². The molecule has 0 saturated carbocycles. The lowest BCUT2D eigenvalue weighted by molar-refractivity contribution is -0.133. The van der Waals surface area contributed by atoms with Gasteiger partial charge in [-0.25, -0.2) is 0 Å². The second-order valence-electron chi connectivity index (χ2n) is 5.15. The summed E-state index contributed by atoms with van der Waals surface area (Å²) >= 11 is 3.32. The van der Waals surface area contributed by atoms with Gasteiger partial charge < -0.3 is 9.64 Å². The van der Waals surface area contributed by atoms with Gasteiger partial charge in [0.15, 0.2) is 0 Å². The molecular weight excluding hydrogens is 306 g/mol. The van der Waals surface area contributed by atoms with Crippen molar-refractivity contribution in [1.29, 1.82) is 0 Å². The minimum atomic E-state index is 0.260. The van der Waals surface area contributed by atoms with E-state index in [-0.39, 0.29) is 11.9 Å². The van der Waals surface area contributed by atoms with Crippen LogP contribution in [0.15, 0.2) is 0 Å². The number of carbonyl (C=O) groups is 1. The molecule has 0 fully saturated rings. The Morgan fingerprint density at radius 2 is 1.84 bits per heavy atom. The molecule has 1 amide bonds. The third-order valence-electron chi connectivity index (χ3n) is 3.14. The predicted octanol–water partition coefficient (Wildman–Crippen LogP) is 4.00. The molecule has 0 rings (SSSR count). The number of halogens is 1. The Morgan fingerprint density at radius 1 is 1.16 bits per heavy atom. The fraction of sp³-hybridized carbons (Fsp3) is 0.933. The normalized spacial score (nSPS) is 11.0. The maximum absolute atomic E-state index is 12.1. The van der Waals surface area contributed by atoms with Gasteiger partial charge >= 0.3 is 0 Å². The molecule has 0 bridgehead atoms. The summed E-state index contributed by atoms with van der Waals surface area (Å²) in [7, 11) is 0. The molecule has 0 aromatic heterocycles. The van der Waals surface area contributed by atoms with Crippen LogP contribution in [0.1, 0.15) is 59.3 Å².